The van der Waals surface area contributed by atoms with Crippen LogP contribution in [0.4, 0.5) is 5.69 Å². The lowest BCUT2D eigenvalue weighted by atomic mass is 10.0. The predicted molar refractivity (Wildman–Crippen MR) is 98.4 cm³/mol. The van der Waals surface area contributed by atoms with Crippen LogP contribution in [-0.2, 0) is 0 Å². The molecule has 2 heterocycles. The summed E-state index contributed by atoms with van der Waals surface area (Å²) in [5.74, 6) is -0.240. The van der Waals surface area contributed by atoms with Crippen LogP contribution in [0.5, 0.6) is 0 Å². The molecule has 1 aliphatic heterocycles. The fourth-order valence-electron chi connectivity index (χ4n) is 3.50. The molecule has 0 radical (unpaired) electrons. The molecule has 1 aliphatic rings. The van der Waals surface area contributed by atoms with Crippen molar-refractivity contribution in [2.75, 3.05) is 19.6 Å². The van der Waals surface area contributed by atoms with E-state index in [1.54, 1.807) is 0 Å². The standard InChI is InChI=1S/C18H22N4O4/c1-2-9-21(12-5-7-19-8-6-12)18(24)15-11-17(23)20-16-4-3-13(22(25)26)10-14(15)16/h3-4,10-12,19H,2,5-9H2,1H3,(H,20,23). The summed E-state index contributed by atoms with van der Waals surface area (Å²) >= 11 is 0. The van der Waals surface area contributed by atoms with E-state index >= 15 is 0 Å². The number of non-ortho nitro benzene ring substituents is 1. The number of benzene rings is 1. The highest BCUT2D eigenvalue weighted by atomic mass is 16.6. The Morgan fingerprint density at radius 2 is 2.04 bits per heavy atom. The summed E-state index contributed by atoms with van der Waals surface area (Å²) in [6.07, 6.45) is 2.51. The quantitative estimate of drug-likeness (QED) is 0.628. The molecule has 1 aromatic carbocycles. The van der Waals surface area contributed by atoms with E-state index in [0.29, 0.717) is 17.4 Å². The number of amides is 1. The number of piperidine rings is 1. The number of hydrogen-bond donors (Lipinski definition) is 2. The molecule has 1 fully saturated rings. The molecule has 8 nitrogen and oxygen atoms in total. The molecule has 3 rings (SSSR count). The Kier molecular flexibility index (Phi) is 5.32. The number of nitro groups is 1. The van der Waals surface area contributed by atoms with E-state index in [9.17, 15) is 19.7 Å². The number of carbonyl (C=O) groups excluding carboxylic acids is 1. The van der Waals surface area contributed by atoms with E-state index in [1.165, 1.54) is 24.3 Å². The van der Waals surface area contributed by atoms with Gasteiger partial charge in [0.05, 0.1) is 10.5 Å². The summed E-state index contributed by atoms with van der Waals surface area (Å²) in [6, 6.07) is 5.50. The summed E-state index contributed by atoms with van der Waals surface area (Å²) in [4.78, 5) is 40.3. The topological polar surface area (TPSA) is 108 Å². The minimum absolute atomic E-state index is 0.108. The van der Waals surface area contributed by atoms with Gasteiger partial charge >= 0.3 is 0 Å². The summed E-state index contributed by atoms with van der Waals surface area (Å²) in [7, 11) is 0. The number of nitrogens with zero attached hydrogens (tertiary/aromatic N) is 2. The van der Waals surface area contributed by atoms with Crippen molar-refractivity contribution in [2.24, 2.45) is 0 Å². The molecule has 1 saturated heterocycles. The number of nitro benzene ring substituents is 1. The first-order valence-electron chi connectivity index (χ1n) is 8.84. The number of carbonyl (C=O) groups is 1. The van der Waals surface area contributed by atoms with Crippen molar-refractivity contribution in [3.05, 3.63) is 50.3 Å². The van der Waals surface area contributed by atoms with Crippen molar-refractivity contribution in [2.45, 2.75) is 32.2 Å². The minimum Gasteiger partial charge on any atom is -0.336 e. The highest BCUT2D eigenvalue weighted by Gasteiger charge is 2.27. The molecule has 26 heavy (non-hydrogen) atoms. The third-order valence-electron chi connectivity index (χ3n) is 4.74. The van der Waals surface area contributed by atoms with Gasteiger partial charge in [0.25, 0.3) is 11.6 Å². The Morgan fingerprint density at radius 1 is 1.31 bits per heavy atom. The Hall–Kier alpha value is -2.74. The number of nitrogens with one attached hydrogen (secondary N) is 2. The zero-order valence-corrected chi connectivity index (χ0v) is 14.7. The van der Waals surface area contributed by atoms with Gasteiger partial charge in [0.15, 0.2) is 0 Å². The van der Waals surface area contributed by atoms with Crippen LogP contribution in [0.25, 0.3) is 10.9 Å². The Balaban J connectivity index is 2.08. The second-order valence-electron chi connectivity index (χ2n) is 6.51. The molecule has 0 spiro atoms. The number of pyridine rings is 1. The number of rotatable bonds is 5. The zero-order valence-electron chi connectivity index (χ0n) is 14.7. The van der Waals surface area contributed by atoms with Crippen LogP contribution in [0, 0.1) is 10.1 Å². The van der Waals surface area contributed by atoms with Crippen molar-refractivity contribution < 1.29 is 9.72 Å². The summed E-state index contributed by atoms with van der Waals surface area (Å²) < 4.78 is 0. The Morgan fingerprint density at radius 3 is 2.69 bits per heavy atom. The third kappa shape index (κ3) is 3.60. The second kappa shape index (κ2) is 7.65. The number of fused-ring (bicyclic) bond motifs is 1. The van der Waals surface area contributed by atoms with Crippen LogP contribution < -0.4 is 10.9 Å². The molecule has 2 N–H and O–H groups in total. The molecule has 0 bridgehead atoms. The van der Waals surface area contributed by atoms with Gasteiger partial charge in [0.1, 0.15) is 0 Å². The summed E-state index contributed by atoms with van der Waals surface area (Å²) in [6.45, 7) is 4.29. The lowest BCUT2D eigenvalue weighted by Gasteiger charge is -2.34. The van der Waals surface area contributed by atoms with Gasteiger partial charge in [-0.05, 0) is 38.4 Å². The number of aromatic nitrogens is 1. The highest BCUT2D eigenvalue weighted by Crippen LogP contribution is 2.24. The molecule has 1 amide bonds. The van der Waals surface area contributed by atoms with E-state index < -0.39 is 10.5 Å². The first-order valence-corrected chi connectivity index (χ1v) is 8.84. The van der Waals surface area contributed by atoms with Crippen molar-refractivity contribution >= 4 is 22.5 Å². The van der Waals surface area contributed by atoms with Gasteiger partial charge in [-0.1, -0.05) is 6.92 Å². The smallest absolute Gasteiger partial charge is 0.270 e. The van der Waals surface area contributed by atoms with Crippen LogP contribution >= 0.6 is 0 Å². The van der Waals surface area contributed by atoms with Gasteiger partial charge in [0, 0.05) is 41.7 Å². The first kappa shape index (κ1) is 18.1. The van der Waals surface area contributed by atoms with E-state index in [1.807, 2.05) is 11.8 Å². The number of H-pyrrole nitrogens is 1. The maximum Gasteiger partial charge on any atom is 0.270 e. The van der Waals surface area contributed by atoms with Crippen LogP contribution in [0.15, 0.2) is 29.1 Å². The van der Waals surface area contributed by atoms with Gasteiger partial charge in [-0.2, -0.15) is 0 Å². The fourth-order valence-corrected chi connectivity index (χ4v) is 3.50. The van der Waals surface area contributed by atoms with Gasteiger partial charge < -0.3 is 15.2 Å². The molecule has 0 aliphatic carbocycles. The van der Waals surface area contributed by atoms with E-state index in [-0.39, 0.29) is 23.2 Å². The van der Waals surface area contributed by atoms with Crippen LogP contribution in [0.2, 0.25) is 0 Å². The van der Waals surface area contributed by atoms with Crippen LogP contribution in [0.1, 0.15) is 36.5 Å². The first-order chi connectivity index (χ1) is 12.5. The lowest BCUT2D eigenvalue weighted by Crippen LogP contribution is -2.46. The molecule has 1 aromatic heterocycles. The van der Waals surface area contributed by atoms with Gasteiger partial charge in [-0.15, -0.1) is 0 Å². The molecular weight excluding hydrogens is 336 g/mol. The molecule has 0 unspecified atom stereocenters. The van der Waals surface area contributed by atoms with Crippen LogP contribution in [-0.4, -0.2) is 46.4 Å². The fraction of sp³-hybridized carbons (Fsp3) is 0.444. The van der Waals surface area contributed by atoms with Gasteiger partial charge in [0.2, 0.25) is 5.56 Å². The van der Waals surface area contributed by atoms with Crippen molar-refractivity contribution in [3.8, 4) is 0 Å². The zero-order chi connectivity index (χ0) is 18.7. The molecular formula is C18H22N4O4. The Bertz CT molecular complexity index is 886. The number of aromatic amines is 1. The predicted octanol–water partition coefficient (Wildman–Crippen LogP) is 2.04. The molecule has 138 valence electrons. The normalized spacial score (nSPS) is 15.1. The van der Waals surface area contributed by atoms with E-state index in [0.717, 1.165) is 32.4 Å². The molecule has 0 saturated carbocycles. The number of hydrogen-bond acceptors (Lipinski definition) is 5. The maximum atomic E-state index is 13.3. The van der Waals surface area contributed by atoms with Crippen molar-refractivity contribution in [1.82, 2.24) is 15.2 Å². The second-order valence-corrected chi connectivity index (χ2v) is 6.51. The maximum absolute atomic E-state index is 13.3. The average Bonchev–Trinajstić information content (AvgIpc) is 2.65. The Labute approximate surface area is 150 Å². The van der Waals surface area contributed by atoms with Crippen molar-refractivity contribution in [1.29, 1.82) is 0 Å². The average molecular weight is 358 g/mol. The molecule has 8 heteroatoms. The minimum atomic E-state index is -0.505. The summed E-state index contributed by atoms with van der Waals surface area (Å²) in [5, 5.41) is 14.8. The monoisotopic (exact) mass is 358 g/mol. The van der Waals surface area contributed by atoms with Gasteiger partial charge in [-0.25, -0.2) is 0 Å². The highest BCUT2D eigenvalue weighted by molar-refractivity contribution is 6.06. The molecule has 2 aromatic rings. The SMILES string of the molecule is CCCN(C(=O)c1cc(=O)[nH]c2ccc([N+](=O)[O-])cc12)C1CCNCC1. The third-order valence-corrected chi connectivity index (χ3v) is 4.74. The van der Waals surface area contributed by atoms with E-state index in [2.05, 4.69) is 10.3 Å². The summed E-state index contributed by atoms with van der Waals surface area (Å²) in [5.41, 5.74) is 0.145. The van der Waals surface area contributed by atoms with Crippen LogP contribution in [0.3, 0.4) is 0 Å². The van der Waals surface area contributed by atoms with E-state index in [4.69, 9.17) is 0 Å². The lowest BCUT2D eigenvalue weighted by molar-refractivity contribution is -0.384. The van der Waals surface area contributed by atoms with Gasteiger partial charge in [-0.3, -0.25) is 19.7 Å². The largest absolute Gasteiger partial charge is 0.336 e. The molecule has 0 atom stereocenters. The van der Waals surface area contributed by atoms with Crippen molar-refractivity contribution in [3.63, 3.8) is 0 Å².